The van der Waals surface area contributed by atoms with Crippen molar-refractivity contribution in [3.05, 3.63) is 95.1 Å². The second kappa shape index (κ2) is 11.1. The van der Waals surface area contributed by atoms with Gasteiger partial charge < -0.3 is 25.6 Å². The highest BCUT2D eigenvalue weighted by Gasteiger charge is 2.30. The summed E-state index contributed by atoms with van der Waals surface area (Å²) in [5.41, 5.74) is 10.9. The van der Waals surface area contributed by atoms with Gasteiger partial charge in [0, 0.05) is 12.3 Å². The van der Waals surface area contributed by atoms with E-state index in [1.54, 1.807) is 45.0 Å². The molecule has 8 heteroatoms. The molecule has 0 saturated heterocycles. The van der Waals surface area contributed by atoms with Gasteiger partial charge in [0.2, 0.25) is 0 Å². The standard InChI is InChI=1S/C30H32N2O6/c1-30(2,3)38-28(35)26(31)19-14-12-18(13-15-19)16-25(27(33)34)32-29(36)37-17-24-22-10-6-4-8-20(22)21-9-5-7-11-23(21)24/h4-15,24-26H,16-17,31H2,1-3H3,(H,32,36)(H,33,34)/t25-,26?/m0/s1. The molecular formula is C30H32N2O6. The van der Waals surface area contributed by atoms with Crippen molar-refractivity contribution in [1.29, 1.82) is 0 Å². The molecule has 0 radical (unpaired) electrons. The maximum absolute atomic E-state index is 12.6. The number of hydrogen-bond donors (Lipinski definition) is 3. The molecule has 2 atom stereocenters. The fraction of sp³-hybridized carbons (Fsp3) is 0.300. The van der Waals surface area contributed by atoms with Gasteiger partial charge in [0.1, 0.15) is 24.3 Å². The number of rotatable bonds is 8. The normalized spacial score (nSPS) is 14.1. The van der Waals surface area contributed by atoms with E-state index in [9.17, 15) is 19.5 Å². The molecule has 0 saturated carbocycles. The molecule has 1 unspecified atom stereocenters. The van der Waals surface area contributed by atoms with Crippen molar-refractivity contribution in [2.24, 2.45) is 5.73 Å². The first-order valence-corrected chi connectivity index (χ1v) is 12.4. The summed E-state index contributed by atoms with van der Waals surface area (Å²) in [5, 5.41) is 12.2. The topological polar surface area (TPSA) is 128 Å². The predicted molar refractivity (Wildman–Crippen MR) is 143 cm³/mol. The van der Waals surface area contributed by atoms with E-state index in [1.807, 2.05) is 48.5 Å². The minimum Gasteiger partial charge on any atom is -0.480 e. The zero-order valence-corrected chi connectivity index (χ0v) is 21.6. The molecule has 0 aliphatic heterocycles. The third-order valence-electron chi connectivity index (χ3n) is 6.37. The van der Waals surface area contributed by atoms with E-state index >= 15 is 0 Å². The Balaban J connectivity index is 1.36. The number of esters is 1. The van der Waals surface area contributed by atoms with E-state index in [2.05, 4.69) is 5.32 Å². The maximum Gasteiger partial charge on any atom is 0.407 e. The highest BCUT2D eigenvalue weighted by molar-refractivity contribution is 5.81. The van der Waals surface area contributed by atoms with Crippen LogP contribution in [-0.2, 0) is 25.5 Å². The molecule has 8 nitrogen and oxygen atoms in total. The summed E-state index contributed by atoms with van der Waals surface area (Å²) in [6, 6.07) is 20.4. The van der Waals surface area contributed by atoms with Crippen LogP contribution in [0.15, 0.2) is 72.8 Å². The highest BCUT2D eigenvalue weighted by Crippen LogP contribution is 2.44. The number of hydrogen-bond acceptors (Lipinski definition) is 6. The van der Waals surface area contributed by atoms with Crippen LogP contribution < -0.4 is 11.1 Å². The molecule has 4 rings (SSSR count). The Morgan fingerprint density at radius 3 is 2.00 bits per heavy atom. The van der Waals surface area contributed by atoms with Crippen molar-refractivity contribution >= 4 is 18.0 Å². The van der Waals surface area contributed by atoms with Gasteiger partial charge in [0.05, 0.1) is 0 Å². The summed E-state index contributed by atoms with van der Waals surface area (Å²) in [4.78, 5) is 36.7. The van der Waals surface area contributed by atoms with Crippen LogP contribution in [0.25, 0.3) is 11.1 Å². The van der Waals surface area contributed by atoms with Gasteiger partial charge in [-0.3, -0.25) is 0 Å². The Morgan fingerprint density at radius 2 is 1.47 bits per heavy atom. The summed E-state index contributed by atoms with van der Waals surface area (Å²) in [5.74, 6) is -1.86. The lowest BCUT2D eigenvalue weighted by Gasteiger charge is -2.22. The van der Waals surface area contributed by atoms with Crippen LogP contribution in [0.5, 0.6) is 0 Å². The van der Waals surface area contributed by atoms with E-state index in [4.69, 9.17) is 15.2 Å². The molecule has 0 bridgehead atoms. The van der Waals surface area contributed by atoms with Crippen LogP contribution in [0.3, 0.4) is 0 Å². The van der Waals surface area contributed by atoms with Gasteiger partial charge in [0.15, 0.2) is 0 Å². The van der Waals surface area contributed by atoms with Crippen molar-refractivity contribution < 1.29 is 29.0 Å². The number of ether oxygens (including phenoxy) is 2. The van der Waals surface area contributed by atoms with Gasteiger partial charge >= 0.3 is 18.0 Å². The van der Waals surface area contributed by atoms with E-state index in [0.717, 1.165) is 22.3 Å². The molecule has 3 aromatic rings. The largest absolute Gasteiger partial charge is 0.480 e. The fourth-order valence-corrected chi connectivity index (χ4v) is 4.58. The van der Waals surface area contributed by atoms with Crippen LogP contribution in [0.4, 0.5) is 4.79 Å². The fourth-order valence-electron chi connectivity index (χ4n) is 4.58. The van der Waals surface area contributed by atoms with Crippen LogP contribution in [0.2, 0.25) is 0 Å². The summed E-state index contributed by atoms with van der Waals surface area (Å²) in [6.45, 7) is 5.37. The molecule has 0 spiro atoms. The smallest absolute Gasteiger partial charge is 0.407 e. The number of carbonyl (C=O) groups excluding carboxylic acids is 2. The predicted octanol–water partition coefficient (Wildman–Crippen LogP) is 4.56. The quantitative estimate of drug-likeness (QED) is 0.374. The second-order valence-electron chi connectivity index (χ2n) is 10.3. The number of carboxylic acids is 1. The SMILES string of the molecule is CC(C)(C)OC(=O)C(N)c1ccc(C[C@H](NC(=O)OCC2c3ccccc3-c3ccccc32)C(=O)O)cc1. The molecular weight excluding hydrogens is 484 g/mol. The molecule has 4 N–H and O–H groups in total. The molecule has 198 valence electrons. The Labute approximate surface area is 221 Å². The van der Waals surface area contributed by atoms with Crippen molar-refractivity contribution in [2.75, 3.05) is 6.61 Å². The average molecular weight is 517 g/mol. The number of nitrogens with one attached hydrogen (secondary N) is 1. The number of benzene rings is 3. The maximum atomic E-state index is 12.6. The minimum atomic E-state index is -1.20. The lowest BCUT2D eigenvalue weighted by atomic mass is 9.98. The molecule has 1 aliphatic rings. The van der Waals surface area contributed by atoms with Gasteiger partial charge in [0.25, 0.3) is 0 Å². The summed E-state index contributed by atoms with van der Waals surface area (Å²) >= 11 is 0. The number of carbonyl (C=O) groups is 3. The van der Waals surface area contributed by atoms with Crippen LogP contribution in [-0.4, -0.2) is 41.4 Å². The first-order chi connectivity index (χ1) is 18.0. The van der Waals surface area contributed by atoms with Crippen molar-refractivity contribution in [3.8, 4) is 11.1 Å². The summed E-state index contributed by atoms with van der Waals surface area (Å²) in [6.07, 6.45) is -0.774. The Morgan fingerprint density at radius 1 is 0.921 bits per heavy atom. The van der Waals surface area contributed by atoms with Gasteiger partial charge in [-0.05, 0) is 54.2 Å². The highest BCUT2D eigenvalue weighted by atomic mass is 16.6. The van der Waals surface area contributed by atoms with Crippen molar-refractivity contribution in [1.82, 2.24) is 5.32 Å². The zero-order valence-electron chi connectivity index (χ0n) is 21.6. The molecule has 38 heavy (non-hydrogen) atoms. The number of fused-ring (bicyclic) bond motifs is 3. The molecule has 1 aliphatic carbocycles. The van der Waals surface area contributed by atoms with Crippen LogP contribution in [0, 0.1) is 0 Å². The van der Waals surface area contributed by atoms with Crippen LogP contribution >= 0.6 is 0 Å². The molecule has 1 amide bonds. The van der Waals surface area contributed by atoms with Crippen molar-refractivity contribution in [2.45, 2.75) is 50.8 Å². The number of carboxylic acid groups (broad SMARTS) is 1. The monoisotopic (exact) mass is 516 g/mol. The summed E-state index contributed by atoms with van der Waals surface area (Å²) < 4.78 is 10.8. The number of aliphatic carboxylic acids is 1. The van der Waals surface area contributed by atoms with Crippen molar-refractivity contribution in [3.63, 3.8) is 0 Å². The second-order valence-corrected chi connectivity index (χ2v) is 10.3. The van der Waals surface area contributed by atoms with E-state index in [1.165, 1.54) is 0 Å². The third-order valence-corrected chi connectivity index (χ3v) is 6.37. The number of alkyl carbamates (subject to hydrolysis) is 1. The zero-order chi connectivity index (χ0) is 27.4. The average Bonchev–Trinajstić information content (AvgIpc) is 3.19. The third kappa shape index (κ3) is 6.20. The van der Waals surface area contributed by atoms with Gasteiger partial charge in [-0.15, -0.1) is 0 Å². The van der Waals surface area contributed by atoms with E-state index in [-0.39, 0.29) is 18.9 Å². The number of amides is 1. The van der Waals surface area contributed by atoms with Crippen LogP contribution in [0.1, 0.15) is 55.0 Å². The van der Waals surface area contributed by atoms with Gasteiger partial charge in [-0.1, -0.05) is 72.8 Å². The number of nitrogens with two attached hydrogens (primary N) is 1. The first-order valence-electron chi connectivity index (χ1n) is 12.4. The van der Waals surface area contributed by atoms with E-state index < -0.39 is 35.7 Å². The van der Waals surface area contributed by atoms with E-state index in [0.29, 0.717) is 11.1 Å². The summed E-state index contributed by atoms with van der Waals surface area (Å²) in [7, 11) is 0. The van der Waals surface area contributed by atoms with Gasteiger partial charge in [-0.25, -0.2) is 14.4 Å². The molecule has 0 heterocycles. The Bertz CT molecular complexity index is 1280. The lowest BCUT2D eigenvalue weighted by Crippen LogP contribution is -2.42. The molecule has 0 fully saturated rings. The molecule has 3 aromatic carbocycles. The minimum absolute atomic E-state index is 0.0293. The Hall–Kier alpha value is -4.17. The van der Waals surface area contributed by atoms with Gasteiger partial charge in [-0.2, -0.15) is 0 Å². The molecule has 0 aromatic heterocycles. The first kappa shape index (κ1) is 26.9. The Kier molecular flexibility index (Phi) is 7.83. The lowest BCUT2D eigenvalue weighted by molar-refractivity contribution is -0.156.